The minimum Gasteiger partial charge on any atom is -0.512 e. The molecule has 0 aromatic heterocycles. The van der Waals surface area contributed by atoms with E-state index in [1.165, 1.54) is 0 Å². The summed E-state index contributed by atoms with van der Waals surface area (Å²) in [6.45, 7) is 7.80. The predicted octanol–water partition coefficient (Wildman–Crippen LogP) is 3.05. The Balaban J connectivity index is 4.44. The fourth-order valence-electron chi connectivity index (χ4n) is 0.910. The summed E-state index contributed by atoms with van der Waals surface area (Å²) in [5.74, 6) is 0.828. The van der Waals surface area contributed by atoms with Crippen LogP contribution in [0.15, 0.2) is 23.5 Å². The molecule has 0 unspecified atom stereocenters. The van der Waals surface area contributed by atoms with Gasteiger partial charge in [0.25, 0.3) is 0 Å². The third-order valence-corrected chi connectivity index (χ3v) is 1.39. The minimum atomic E-state index is 0.404. The zero-order chi connectivity index (χ0) is 8.15. The van der Waals surface area contributed by atoms with Crippen molar-refractivity contribution in [2.75, 3.05) is 0 Å². The molecule has 0 aliphatic carbocycles. The van der Waals surface area contributed by atoms with E-state index in [-0.39, 0.29) is 0 Å². The normalized spacial score (nSPS) is 14.5. The molecule has 0 heterocycles. The van der Waals surface area contributed by atoms with Gasteiger partial charge in [0.2, 0.25) is 0 Å². The maximum Gasteiger partial charge on any atom is 0.0926 e. The molecule has 1 N–H and O–H groups in total. The quantitative estimate of drug-likeness (QED) is 0.461. The summed E-state index contributed by atoms with van der Waals surface area (Å²) in [5.41, 5.74) is 1.02. The number of allylic oxidation sites excluding steroid dienone is 4. The molecule has 0 radical (unpaired) electrons. The molecule has 1 nitrogen and oxygen atoms in total. The zero-order valence-electron chi connectivity index (χ0n) is 7.18. The molecule has 58 valence electrons. The van der Waals surface area contributed by atoms with Crippen molar-refractivity contribution in [1.82, 2.24) is 0 Å². The second-order valence-corrected chi connectivity index (χ2v) is 2.70. The van der Waals surface area contributed by atoms with Crippen molar-refractivity contribution in [2.45, 2.75) is 27.7 Å². The Bertz CT molecular complexity index is 148. The summed E-state index contributed by atoms with van der Waals surface area (Å²) in [7, 11) is 0. The van der Waals surface area contributed by atoms with Crippen LogP contribution in [0.2, 0.25) is 0 Å². The van der Waals surface area contributed by atoms with Crippen LogP contribution in [0.1, 0.15) is 27.7 Å². The molecule has 0 atom stereocenters. The van der Waals surface area contributed by atoms with Crippen molar-refractivity contribution in [3.05, 3.63) is 23.5 Å². The molecule has 0 saturated heterocycles. The maximum atomic E-state index is 9.14. The Morgan fingerprint density at radius 1 is 1.40 bits per heavy atom. The minimum absolute atomic E-state index is 0.404. The molecule has 0 fully saturated rings. The second kappa shape index (κ2) is 4.15. The Morgan fingerprint density at radius 2 is 1.90 bits per heavy atom. The van der Waals surface area contributed by atoms with Crippen LogP contribution >= 0.6 is 0 Å². The van der Waals surface area contributed by atoms with E-state index in [0.717, 1.165) is 5.57 Å². The van der Waals surface area contributed by atoms with Gasteiger partial charge < -0.3 is 5.11 Å². The van der Waals surface area contributed by atoms with E-state index in [2.05, 4.69) is 13.8 Å². The first-order valence-corrected chi connectivity index (χ1v) is 3.62. The predicted molar refractivity (Wildman–Crippen MR) is 45.0 cm³/mol. The third kappa shape index (κ3) is 2.72. The lowest BCUT2D eigenvalue weighted by molar-refractivity contribution is 0.402. The van der Waals surface area contributed by atoms with E-state index < -0.39 is 0 Å². The number of hydrogen-bond acceptors (Lipinski definition) is 1. The van der Waals surface area contributed by atoms with Crippen LogP contribution in [0.4, 0.5) is 0 Å². The largest absolute Gasteiger partial charge is 0.512 e. The summed E-state index contributed by atoms with van der Waals surface area (Å²) in [5, 5.41) is 9.14. The molecule has 0 spiro atoms. The van der Waals surface area contributed by atoms with Crippen LogP contribution in [0.3, 0.4) is 0 Å². The van der Waals surface area contributed by atoms with E-state index >= 15 is 0 Å². The van der Waals surface area contributed by atoms with Crippen LogP contribution in [0, 0.1) is 5.92 Å². The first kappa shape index (κ1) is 9.28. The molecule has 0 amide bonds. The first-order valence-electron chi connectivity index (χ1n) is 3.62. The Kier molecular flexibility index (Phi) is 3.85. The second-order valence-electron chi connectivity index (χ2n) is 2.70. The fourth-order valence-corrected chi connectivity index (χ4v) is 0.910. The van der Waals surface area contributed by atoms with Crippen molar-refractivity contribution in [3.8, 4) is 0 Å². The average molecular weight is 140 g/mol. The third-order valence-electron chi connectivity index (χ3n) is 1.39. The molecule has 10 heavy (non-hydrogen) atoms. The zero-order valence-corrected chi connectivity index (χ0v) is 7.18. The maximum absolute atomic E-state index is 9.14. The summed E-state index contributed by atoms with van der Waals surface area (Å²) in [4.78, 5) is 0. The molecule has 0 aromatic carbocycles. The number of rotatable bonds is 2. The highest BCUT2D eigenvalue weighted by Gasteiger charge is 2.01. The Morgan fingerprint density at radius 3 is 2.00 bits per heavy atom. The highest BCUT2D eigenvalue weighted by molar-refractivity contribution is 5.22. The van der Waals surface area contributed by atoms with Crippen LogP contribution in [0.25, 0.3) is 0 Å². The fraction of sp³-hybridized carbons (Fsp3) is 0.556. The monoisotopic (exact) mass is 140 g/mol. The van der Waals surface area contributed by atoms with E-state index in [1.54, 1.807) is 6.92 Å². The molecule has 0 saturated carbocycles. The van der Waals surface area contributed by atoms with E-state index in [0.29, 0.717) is 11.7 Å². The van der Waals surface area contributed by atoms with Gasteiger partial charge in [0.1, 0.15) is 0 Å². The van der Waals surface area contributed by atoms with Crippen LogP contribution in [-0.2, 0) is 0 Å². The standard InChI is InChI=1S/C9H16O/c1-5-6-9(7(2)3)8(4)10/h5-7,10H,1-4H3/b6-5-,9-8-. The number of hydrogen-bond donors (Lipinski definition) is 1. The van der Waals surface area contributed by atoms with Gasteiger partial charge in [-0.15, -0.1) is 0 Å². The van der Waals surface area contributed by atoms with E-state index in [4.69, 9.17) is 5.11 Å². The molecule has 0 rings (SSSR count). The summed E-state index contributed by atoms with van der Waals surface area (Å²) in [6, 6.07) is 0. The summed E-state index contributed by atoms with van der Waals surface area (Å²) in [6.07, 6.45) is 3.88. The molecule has 0 aliphatic heterocycles. The van der Waals surface area contributed by atoms with Crippen molar-refractivity contribution in [1.29, 1.82) is 0 Å². The van der Waals surface area contributed by atoms with Gasteiger partial charge in [-0.2, -0.15) is 0 Å². The number of aliphatic hydroxyl groups excluding tert-OH is 1. The molecule has 0 aromatic rings. The van der Waals surface area contributed by atoms with Gasteiger partial charge >= 0.3 is 0 Å². The van der Waals surface area contributed by atoms with Gasteiger partial charge in [-0.05, 0) is 25.3 Å². The lowest BCUT2D eigenvalue weighted by atomic mass is 10.0. The highest BCUT2D eigenvalue weighted by Crippen LogP contribution is 2.13. The highest BCUT2D eigenvalue weighted by atomic mass is 16.3. The van der Waals surface area contributed by atoms with Gasteiger partial charge in [0.15, 0.2) is 0 Å². The van der Waals surface area contributed by atoms with Crippen molar-refractivity contribution >= 4 is 0 Å². The molecular weight excluding hydrogens is 124 g/mol. The van der Waals surface area contributed by atoms with Crippen molar-refractivity contribution < 1.29 is 5.11 Å². The van der Waals surface area contributed by atoms with Gasteiger partial charge in [-0.3, -0.25) is 0 Å². The average Bonchev–Trinajstić information content (AvgIpc) is 1.81. The van der Waals surface area contributed by atoms with Gasteiger partial charge in [0.05, 0.1) is 5.76 Å². The van der Waals surface area contributed by atoms with Crippen LogP contribution < -0.4 is 0 Å². The van der Waals surface area contributed by atoms with Gasteiger partial charge in [0, 0.05) is 0 Å². The van der Waals surface area contributed by atoms with Crippen LogP contribution in [-0.4, -0.2) is 5.11 Å². The summed E-state index contributed by atoms with van der Waals surface area (Å²) >= 11 is 0. The summed E-state index contributed by atoms with van der Waals surface area (Å²) < 4.78 is 0. The van der Waals surface area contributed by atoms with Gasteiger partial charge in [-0.25, -0.2) is 0 Å². The van der Waals surface area contributed by atoms with E-state index in [1.807, 2.05) is 19.1 Å². The lowest BCUT2D eigenvalue weighted by Crippen LogP contribution is -1.93. The van der Waals surface area contributed by atoms with Gasteiger partial charge in [-0.1, -0.05) is 26.0 Å². The molecular formula is C9H16O. The SMILES string of the molecule is C/C=C\C(=C(/C)O)C(C)C. The van der Waals surface area contributed by atoms with Crippen molar-refractivity contribution in [2.24, 2.45) is 5.92 Å². The van der Waals surface area contributed by atoms with Crippen molar-refractivity contribution in [3.63, 3.8) is 0 Å². The Hall–Kier alpha value is -0.720. The molecule has 0 aliphatic rings. The first-order chi connectivity index (χ1) is 4.59. The van der Waals surface area contributed by atoms with E-state index in [9.17, 15) is 0 Å². The molecule has 1 heteroatoms. The Labute approximate surface area is 63.1 Å². The topological polar surface area (TPSA) is 20.2 Å². The molecule has 0 bridgehead atoms. The number of aliphatic hydroxyl groups is 1. The van der Waals surface area contributed by atoms with Crippen LogP contribution in [0.5, 0.6) is 0 Å². The smallest absolute Gasteiger partial charge is 0.0926 e. The lowest BCUT2D eigenvalue weighted by Gasteiger charge is -2.06.